The number of hydrogen-bond donors (Lipinski definition) is 2. The number of hydrogen-bond acceptors (Lipinski definition) is 4. The molecule has 0 saturated carbocycles. The highest BCUT2D eigenvalue weighted by Gasteiger charge is 2.25. The van der Waals surface area contributed by atoms with Crippen LogP contribution in [0.15, 0.2) is 0 Å². The average Bonchev–Trinajstić information content (AvgIpc) is 2.16. The lowest BCUT2D eigenvalue weighted by Gasteiger charge is -2.28. The van der Waals surface area contributed by atoms with Gasteiger partial charge in [0.1, 0.15) is 0 Å². The van der Waals surface area contributed by atoms with E-state index in [1.54, 1.807) is 4.31 Å². The predicted octanol–water partition coefficient (Wildman–Crippen LogP) is 0.192. The van der Waals surface area contributed by atoms with Crippen LogP contribution < -0.4 is 11.1 Å². The fourth-order valence-electron chi connectivity index (χ4n) is 1.44. The third-order valence-electron chi connectivity index (χ3n) is 2.47. The summed E-state index contributed by atoms with van der Waals surface area (Å²) in [6, 6.07) is 0. The Morgan fingerprint density at radius 3 is 2.12 bits per heavy atom. The van der Waals surface area contributed by atoms with E-state index in [1.165, 1.54) is 0 Å². The van der Waals surface area contributed by atoms with Gasteiger partial charge in [0.05, 0.1) is 5.75 Å². The largest absolute Gasteiger partial charge is 0.326 e. The molecule has 3 N–H and O–H groups in total. The molecule has 0 unspecified atom stereocenters. The van der Waals surface area contributed by atoms with Crippen LogP contribution in [0.5, 0.6) is 0 Å². The predicted molar refractivity (Wildman–Crippen MR) is 75.6 cm³/mol. The third-order valence-corrected chi connectivity index (χ3v) is 4.35. The Morgan fingerprint density at radius 2 is 1.71 bits per heavy atom. The van der Waals surface area contributed by atoms with Gasteiger partial charge in [-0.3, -0.25) is 0 Å². The number of halogens is 2. The minimum Gasteiger partial charge on any atom is -0.326 e. The van der Waals surface area contributed by atoms with Crippen LogP contribution in [0.2, 0.25) is 0 Å². The highest BCUT2D eigenvalue weighted by molar-refractivity contribution is 7.89. The molecule has 17 heavy (non-hydrogen) atoms. The molecular weight excluding hydrogens is 285 g/mol. The lowest BCUT2D eigenvalue weighted by atomic mass is 10.0. The van der Waals surface area contributed by atoms with Gasteiger partial charge < -0.3 is 11.1 Å². The summed E-state index contributed by atoms with van der Waals surface area (Å²) < 4.78 is 25.3. The molecule has 1 aliphatic rings. The van der Waals surface area contributed by atoms with E-state index in [4.69, 9.17) is 5.73 Å². The van der Waals surface area contributed by atoms with E-state index < -0.39 is 15.6 Å². The lowest BCUT2D eigenvalue weighted by Crippen LogP contribution is -2.48. The smallest absolute Gasteiger partial charge is 0.214 e. The molecule has 1 fully saturated rings. The minimum atomic E-state index is -3.10. The van der Waals surface area contributed by atoms with Crippen LogP contribution in [0.3, 0.4) is 0 Å². The fraction of sp³-hybridized carbons (Fsp3) is 1.00. The van der Waals surface area contributed by atoms with Gasteiger partial charge in [0.25, 0.3) is 0 Å². The first kappa shape index (κ1) is 19.7. The Morgan fingerprint density at radius 1 is 1.24 bits per heavy atom. The Balaban J connectivity index is 0. The van der Waals surface area contributed by atoms with Gasteiger partial charge in [-0.05, 0) is 20.3 Å². The summed E-state index contributed by atoms with van der Waals surface area (Å²) in [4.78, 5) is 0. The zero-order valence-corrected chi connectivity index (χ0v) is 12.8. The summed E-state index contributed by atoms with van der Waals surface area (Å²) >= 11 is 0. The molecule has 106 valence electrons. The van der Waals surface area contributed by atoms with E-state index in [0.29, 0.717) is 19.5 Å². The molecule has 0 atom stereocenters. The Bertz CT molecular complexity index is 298. The summed E-state index contributed by atoms with van der Waals surface area (Å²) in [5.41, 5.74) is 5.36. The third kappa shape index (κ3) is 7.43. The van der Waals surface area contributed by atoms with Gasteiger partial charge in [-0.1, -0.05) is 0 Å². The Labute approximate surface area is 116 Å². The molecule has 1 rings (SSSR count). The number of sulfonamides is 1. The Kier molecular flexibility index (Phi) is 9.01. The van der Waals surface area contributed by atoms with Gasteiger partial charge in [-0.25, -0.2) is 8.42 Å². The maximum atomic E-state index is 11.9. The summed E-state index contributed by atoms with van der Waals surface area (Å²) in [7, 11) is -3.10. The van der Waals surface area contributed by atoms with Crippen LogP contribution >= 0.6 is 24.8 Å². The molecule has 5 nitrogen and oxygen atoms in total. The number of nitrogens with zero attached hydrogens (tertiary/aromatic N) is 1. The summed E-state index contributed by atoms with van der Waals surface area (Å²) in [5, 5.41) is 3.13. The zero-order chi connectivity index (χ0) is 11.5. The molecule has 0 aromatic carbocycles. The van der Waals surface area contributed by atoms with Gasteiger partial charge in [0.2, 0.25) is 10.0 Å². The van der Waals surface area contributed by atoms with Crippen molar-refractivity contribution in [1.29, 1.82) is 0 Å². The highest BCUT2D eigenvalue weighted by Crippen LogP contribution is 2.10. The van der Waals surface area contributed by atoms with Crippen LogP contribution in [0.25, 0.3) is 0 Å². The second-order valence-corrected chi connectivity index (χ2v) is 6.79. The SMILES string of the molecule is CC(C)(N)CCS(=O)(=O)N1CCNCC1.Cl.Cl. The molecule has 0 amide bonds. The van der Waals surface area contributed by atoms with Gasteiger partial charge in [-0.2, -0.15) is 4.31 Å². The monoisotopic (exact) mass is 307 g/mol. The molecule has 1 aliphatic heterocycles. The normalized spacial score (nSPS) is 18.1. The number of nitrogens with two attached hydrogens (primary N) is 1. The van der Waals surface area contributed by atoms with E-state index in [0.717, 1.165) is 13.1 Å². The number of nitrogens with one attached hydrogen (secondary N) is 1. The average molecular weight is 308 g/mol. The molecule has 8 heteroatoms. The minimum absolute atomic E-state index is 0. The summed E-state index contributed by atoms with van der Waals surface area (Å²) in [5.74, 6) is 0.149. The summed E-state index contributed by atoms with van der Waals surface area (Å²) in [6.07, 6.45) is 0.499. The van der Waals surface area contributed by atoms with Crippen molar-refractivity contribution in [3.05, 3.63) is 0 Å². The standard InChI is InChI=1S/C9H21N3O2S.2ClH/c1-9(2,10)3-8-15(13,14)12-6-4-11-5-7-12;;/h11H,3-8,10H2,1-2H3;2*1H. The molecule has 0 aliphatic carbocycles. The van der Waals surface area contributed by atoms with Crippen molar-refractivity contribution in [2.45, 2.75) is 25.8 Å². The number of piperazine rings is 1. The van der Waals surface area contributed by atoms with Crippen molar-refractivity contribution in [2.24, 2.45) is 5.73 Å². The molecule has 0 aromatic heterocycles. The quantitative estimate of drug-likeness (QED) is 0.777. The first-order valence-corrected chi connectivity index (χ1v) is 6.90. The van der Waals surface area contributed by atoms with Crippen LogP contribution in [0.1, 0.15) is 20.3 Å². The first-order valence-electron chi connectivity index (χ1n) is 5.29. The van der Waals surface area contributed by atoms with Crippen molar-refractivity contribution < 1.29 is 8.42 Å². The van der Waals surface area contributed by atoms with Crippen LogP contribution in [0, 0.1) is 0 Å². The van der Waals surface area contributed by atoms with E-state index in [2.05, 4.69) is 5.32 Å². The van der Waals surface area contributed by atoms with E-state index in [-0.39, 0.29) is 30.6 Å². The molecule has 0 spiro atoms. The fourth-order valence-corrected chi connectivity index (χ4v) is 3.22. The van der Waals surface area contributed by atoms with Crippen molar-refractivity contribution in [3.8, 4) is 0 Å². The van der Waals surface area contributed by atoms with Crippen molar-refractivity contribution in [3.63, 3.8) is 0 Å². The maximum Gasteiger partial charge on any atom is 0.214 e. The molecule has 0 radical (unpaired) electrons. The van der Waals surface area contributed by atoms with E-state index in [1.807, 2.05) is 13.8 Å². The molecular formula is C9H23Cl2N3O2S. The second kappa shape index (κ2) is 7.76. The van der Waals surface area contributed by atoms with E-state index in [9.17, 15) is 8.42 Å². The van der Waals surface area contributed by atoms with Gasteiger partial charge in [-0.15, -0.1) is 24.8 Å². The van der Waals surface area contributed by atoms with Gasteiger partial charge in [0, 0.05) is 31.7 Å². The van der Waals surface area contributed by atoms with Gasteiger partial charge in [0.15, 0.2) is 0 Å². The molecule has 0 bridgehead atoms. The first-order chi connectivity index (χ1) is 6.81. The van der Waals surface area contributed by atoms with Crippen LogP contribution in [-0.2, 0) is 10.0 Å². The van der Waals surface area contributed by atoms with E-state index >= 15 is 0 Å². The highest BCUT2D eigenvalue weighted by atomic mass is 35.5. The molecule has 0 aromatic rings. The zero-order valence-electron chi connectivity index (χ0n) is 10.3. The van der Waals surface area contributed by atoms with Crippen LogP contribution in [0.4, 0.5) is 0 Å². The van der Waals surface area contributed by atoms with Crippen molar-refractivity contribution >= 4 is 34.8 Å². The number of rotatable bonds is 4. The van der Waals surface area contributed by atoms with Crippen molar-refractivity contribution in [1.82, 2.24) is 9.62 Å². The lowest BCUT2D eigenvalue weighted by molar-refractivity contribution is 0.357. The summed E-state index contributed by atoms with van der Waals surface area (Å²) in [6.45, 7) is 6.33. The second-order valence-electron chi connectivity index (χ2n) is 4.70. The maximum absolute atomic E-state index is 11.9. The Hall–Kier alpha value is 0.410. The van der Waals surface area contributed by atoms with Gasteiger partial charge >= 0.3 is 0 Å². The molecule has 1 heterocycles. The van der Waals surface area contributed by atoms with Crippen molar-refractivity contribution in [2.75, 3.05) is 31.9 Å². The van der Waals surface area contributed by atoms with Crippen LogP contribution in [-0.4, -0.2) is 50.2 Å². The topological polar surface area (TPSA) is 75.4 Å². The molecule has 1 saturated heterocycles.